The number of halogens is 2. The molecule has 2 heterocycles. The lowest BCUT2D eigenvalue weighted by Crippen LogP contribution is -2.41. The Morgan fingerprint density at radius 2 is 2.10 bits per heavy atom. The van der Waals surface area contributed by atoms with Gasteiger partial charge in [-0.25, -0.2) is 9.37 Å². The molecule has 5 N–H and O–H groups in total. The van der Waals surface area contributed by atoms with Crippen LogP contribution in [0.2, 0.25) is 5.02 Å². The van der Waals surface area contributed by atoms with Gasteiger partial charge in [0.25, 0.3) is 0 Å². The summed E-state index contributed by atoms with van der Waals surface area (Å²) in [7, 11) is 0. The van der Waals surface area contributed by atoms with Crippen LogP contribution in [0.15, 0.2) is 42.9 Å². The van der Waals surface area contributed by atoms with Gasteiger partial charge in [-0.05, 0) is 19.9 Å². The SMILES string of the molecule is CC(C)(C(N)=O)n1cc(Nc2ncc(Cl)c(NC(CO)c3ccccc3F)n2)cn1. The molecule has 30 heavy (non-hydrogen) atoms. The van der Waals surface area contributed by atoms with Gasteiger partial charge in [0.15, 0.2) is 5.82 Å². The van der Waals surface area contributed by atoms with E-state index >= 15 is 0 Å². The van der Waals surface area contributed by atoms with Crippen LogP contribution in [-0.2, 0) is 10.3 Å². The van der Waals surface area contributed by atoms with E-state index in [4.69, 9.17) is 17.3 Å². The highest BCUT2D eigenvalue weighted by Gasteiger charge is 2.28. The number of rotatable bonds is 8. The zero-order chi connectivity index (χ0) is 21.9. The molecule has 0 aliphatic rings. The molecule has 1 amide bonds. The lowest BCUT2D eigenvalue weighted by atomic mass is 10.1. The van der Waals surface area contributed by atoms with Gasteiger partial charge in [-0.15, -0.1) is 0 Å². The van der Waals surface area contributed by atoms with E-state index in [0.29, 0.717) is 5.69 Å². The van der Waals surface area contributed by atoms with Crippen molar-refractivity contribution >= 4 is 35.0 Å². The number of aliphatic hydroxyl groups is 1. The predicted molar refractivity (Wildman–Crippen MR) is 111 cm³/mol. The first-order valence-corrected chi connectivity index (χ1v) is 9.36. The smallest absolute Gasteiger partial charge is 0.244 e. The molecule has 158 valence electrons. The molecule has 3 rings (SSSR count). The van der Waals surface area contributed by atoms with E-state index in [2.05, 4.69) is 25.7 Å². The standard InChI is InChI=1S/C19H21ClFN7O2/c1-19(2,17(22)30)28-9-11(7-24-28)25-18-23-8-13(20)16(27-18)26-15(10-29)12-5-3-4-6-14(12)21/h3-9,15,29H,10H2,1-2H3,(H2,22,30)(H2,23,25,26,27). The molecule has 2 aromatic heterocycles. The molecular formula is C19H21ClFN7O2. The van der Waals surface area contributed by atoms with Gasteiger partial charge in [-0.3, -0.25) is 9.48 Å². The number of nitrogens with two attached hydrogens (primary N) is 1. The highest BCUT2D eigenvalue weighted by atomic mass is 35.5. The molecule has 0 radical (unpaired) electrons. The van der Waals surface area contributed by atoms with Crippen LogP contribution >= 0.6 is 11.6 Å². The maximum atomic E-state index is 14.1. The molecule has 0 saturated heterocycles. The number of anilines is 3. The second kappa shape index (κ2) is 8.64. The first-order valence-electron chi connectivity index (χ1n) is 8.98. The number of nitrogens with one attached hydrogen (secondary N) is 2. The minimum atomic E-state index is -1.01. The number of nitrogens with zero attached hydrogens (tertiary/aromatic N) is 4. The summed E-state index contributed by atoms with van der Waals surface area (Å²) in [4.78, 5) is 20.0. The molecule has 0 fully saturated rings. The second-order valence-corrected chi connectivity index (χ2v) is 7.42. The highest BCUT2D eigenvalue weighted by Crippen LogP contribution is 2.27. The maximum absolute atomic E-state index is 14.1. The van der Waals surface area contributed by atoms with Crippen LogP contribution in [-0.4, -0.2) is 37.4 Å². The lowest BCUT2D eigenvalue weighted by molar-refractivity contribution is -0.125. The first-order chi connectivity index (χ1) is 14.2. The summed E-state index contributed by atoms with van der Waals surface area (Å²) < 4.78 is 15.5. The van der Waals surface area contributed by atoms with E-state index in [1.165, 1.54) is 23.1 Å². The Hall–Kier alpha value is -3.24. The van der Waals surface area contributed by atoms with E-state index in [1.54, 1.807) is 38.2 Å². The summed E-state index contributed by atoms with van der Waals surface area (Å²) in [5, 5.41) is 19.9. The molecule has 3 aromatic rings. The van der Waals surface area contributed by atoms with Crippen LogP contribution in [0.4, 0.5) is 21.8 Å². The van der Waals surface area contributed by atoms with Crippen LogP contribution < -0.4 is 16.4 Å². The van der Waals surface area contributed by atoms with Crippen molar-refractivity contribution in [3.8, 4) is 0 Å². The fourth-order valence-electron chi connectivity index (χ4n) is 2.61. The van der Waals surface area contributed by atoms with Crippen molar-refractivity contribution in [2.24, 2.45) is 5.73 Å². The van der Waals surface area contributed by atoms with Crippen molar-refractivity contribution < 1.29 is 14.3 Å². The lowest BCUT2D eigenvalue weighted by Gasteiger charge is -2.20. The predicted octanol–water partition coefficient (Wildman–Crippen LogP) is 2.58. The number of benzene rings is 1. The summed E-state index contributed by atoms with van der Waals surface area (Å²) in [6.45, 7) is 2.91. The molecular weight excluding hydrogens is 413 g/mol. The zero-order valence-corrected chi connectivity index (χ0v) is 17.1. The summed E-state index contributed by atoms with van der Waals surface area (Å²) in [5.74, 6) is -0.600. The molecule has 11 heteroatoms. The van der Waals surface area contributed by atoms with Gasteiger partial charge in [0.1, 0.15) is 16.4 Å². The molecule has 1 unspecified atom stereocenters. The van der Waals surface area contributed by atoms with Gasteiger partial charge in [-0.2, -0.15) is 10.1 Å². The molecule has 0 aliphatic heterocycles. The first kappa shape index (κ1) is 21.5. The van der Waals surface area contributed by atoms with Crippen molar-refractivity contribution in [3.05, 3.63) is 59.3 Å². The van der Waals surface area contributed by atoms with Gasteiger partial charge in [0.05, 0.1) is 30.7 Å². The number of hydrogen-bond acceptors (Lipinski definition) is 7. The van der Waals surface area contributed by atoms with Gasteiger partial charge in [0, 0.05) is 11.8 Å². The summed E-state index contributed by atoms with van der Waals surface area (Å²) in [6.07, 6.45) is 4.45. The Morgan fingerprint density at radius 3 is 2.77 bits per heavy atom. The minimum Gasteiger partial charge on any atom is -0.394 e. The maximum Gasteiger partial charge on any atom is 0.244 e. The van der Waals surface area contributed by atoms with Crippen molar-refractivity contribution in [2.45, 2.75) is 25.4 Å². The Labute approximate surface area is 177 Å². The Kier molecular flexibility index (Phi) is 6.18. The number of amides is 1. The molecule has 1 atom stereocenters. The van der Waals surface area contributed by atoms with Gasteiger partial charge in [-0.1, -0.05) is 29.8 Å². The van der Waals surface area contributed by atoms with E-state index in [0.717, 1.165) is 0 Å². The average molecular weight is 434 g/mol. The fraction of sp³-hybridized carbons (Fsp3) is 0.263. The number of hydrogen-bond donors (Lipinski definition) is 4. The fourth-order valence-corrected chi connectivity index (χ4v) is 2.75. The van der Waals surface area contributed by atoms with E-state index in [-0.39, 0.29) is 29.0 Å². The summed E-state index contributed by atoms with van der Waals surface area (Å²) >= 11 is 6.17. The molecule has 1 aromatic carbocycles. The minimum absolute atomic E-state index is 0.184. The highest BCUT2D eigenvalue weighted by molar-refractivity contribution is 6.32. The van der Waals surface area contributed by atoms with Crippen molar-refractivity contribution in [3.63, 3.8) is 0 Å². The number of carbonyl (C=O) groups excluding carboxylic acids is 1. The van der Waals surface area contributed by atoms with E-state index in [1.807, 2.05) is 0 Å². The Morgan fingerprint density at radius 1 is 1.37 bits per heavy atom. The third-order valence-electron chi connectivity index (χ3n) is 4.53. The monoisotopic (exact) mass is 433 g/mol. The zero-order valence-electron chi connectivity index (χ0n) is 16.3. The Bertz CT molecular complexity index is 1060. The normalized spacial score (nSPS) is 12.4. The van der Waals surface area contributed by atoms with Crippen LogP contribution in [0.3, 0.4) is 0 Å². The van der Waals surface area contributed by atoms with Crippen LogP contribution in [0.25, 0.3) is 0 Å². The van der Waals surface area contributed by atoms with Gasteiger partial charge >= 0.3 is 0 Å². The van der Waals surface area contributed by atoms with Crippen molar-refractivity contribution in [2.75, 3.05) is 17.2 Å². The Balaban J connectivity index is 1.81. The molecule has 0 saturated carbocycles. The van der Waals surface area contributed by atoms with Crippen LogP contribution in [0.5, 0.6) is 0 Å². The number of primary amides is 1. The number of aliphatic hydroxyl groups excluding tert-OH is 1. The average Bonchev–Trinajstić information content (AvgIpc) is 3.18. The third kappa shape index (κ3) is 4.50. The van der Waals surface area contributed by atoms with Crippen molar-refractivity contribution in [1.29, 1.82) is 0 Å². The summed E-state index contributed by atoms with van der Waals surface area (Å²) in [6, 6.07) is 5.34. The van der Waals surface area contributed by atoms with Crippen LogP contribution in [0, 0.1) is 5.82 Å². The third-order valence-corrected chi connectivity index (χ3v) is 4.81. The molecule has 0 spiro atoms. The molecule has 0 bridgehead atoms. The van der Waals surface area contributed by atoms with E-state index in [9.17, 15) is 14.3 Å². The topological polar surface area (TPSA) is 131 Å². The summed E-state index contributed by atoms with van der Waals surface area (Å²) in [5.41, 5.74) is 5.19. The largest absolute Gasteiger partial charge is 0.394 e. The molecule has 0 aliphatic carbocycles. The van der Waals surface area contributed by atoms with Crippen molar-refractivity contribution in [1.82, 2.24) is 19.7 Å². The van der Waals surface area contributed by atoms with Gasteiger partial charge < -0.3 is 21.5 Å². The van der Waals surface area contributed by atoms with E-state index < -0.39 is 23.3 Å². The molecule has 9 nitrogen and oxygen atoms in total. The van der Waals surface area contributed by atoms with Crippen LogP contribution in [0.1, 0.15) is 25.5 Å². The van der Waals surface area contributed by atoms with Gasteiger partial charge in [0.2, 0.25) is 11.9 Å². The number of carbonyl (C=O) groups is 1. The number of aromatic nitrogens is 4. The quantitative estimate of drug-likeness (QED) is 0.429. The second-order valence-electron chi connectivity index (χ2n) is 7.01.